The van der Waals surface area contributed by atoms with Crippen LogP contribution in [0.25, 0.3) is 0 Å². The second-order valence-corrected chi connectivity index (χ2v) is 9.65. The molecule has 0 atom stereocenters. The quantitative estimate of drug-likeness (QED) is 0.728. The van der Waals surface area contributed by atoms with E-state index in [-0.39, 0.29) is 0 Å². The number of hydrogen-bond donors (Lipinski definition) is 0. The zero-order valence-corrected chi connectivity index (χ0v) is 10.1. The van der Waals surface area contributed by atoms with E-state index in [1.807, 2.05) is 0 Å². The van der Waals surface area contributed by atoms with Gasteiger partial charge >= 0.3 is 70.9 Å². The van der Waals surface area contributed by atoms with E-state index in [0.717, 1.165) is 6.61 Å². The maximum atomic E-state index is 5.63. The van der Waals surface area contributed by atoms with E-state index in [9.17, 15) is 0 Å². The summed E-state index contributed by atoms with van der Waals surface area (Å²) in [4.78, 5) is 0. The van der Waals surface area contributed by atoms with Crippen LogP contribution in [0, 0.1) is 0 Å². The molecule has 0 amide bonds. The van der Waals surface area contributed by atoms with Crippen LogP contribution in [0.1, 0.15) is 13.3 Å². The van der Waals surface area contributed by atoms with Crippen LogP contribution in [0.5, 0.6) is 0 Å². The molecule has 1 aliphatic rings. The molecular formula is C8H13HfO. The molecule has 0 aromatic heterocycles. The predicted octanol–water partition coefficient (Wildman–Crippen LogP) is 2.45. The molecule has 0 heterocycles. The van der Waals surface area contributed by atoms with Gasteiger partial charge < -0.3 is 0 Å². The maximum absolute atomic E-state index is 5.63. The molecular weight excluding hydrogens is 291 g/mol. The first-order valence-electron chi connectivity index (χ1n) is 3.67. The number of rotatable bonds is 3. The van der Waals surface area contributed by atoms with Crippen molar-refractivity contribution in [3.05, 3.63) is 21.6 Å². The fraction of sp³-hybridized carbons (Fsp3) is 0.500. The molecule has 0 aliphatic heterocycles. The van der Waals surface area contributed by atoms with E-state index in [4.69, 9.17) is 2.85 Å². The van der Waals surface area contributed by atoms with E-state index in [0.29, 0.717) is 0 Å². The van der Waals surface area contributed by atoms with Crippen molar-refractivity contribution in [3.8, 4) is 0 Å². The summed E-state index contributed by atoms with van der Waals surface area (Å²) in [6.45, 7) is 2.98. The summed E-state index contributed by atoms with van der Waals surface area (Å²) >= 11 is -1.63. The second-order valence-electron chi connectivity index (χ2n) is 2.31. The summed E-state index contributed by atoms with van der Waals surface area (Å²) in [5.74, 6) is 0. The summed E-state index contributed by atoms with van der Waals surface area (Å²) in [5.41, 5.74) is 0. The van der Waals surface area contributed by atoms with Gasteiger partial charge in [-0.2, -0.15) is 0 Å². The van der Waals surface area contributed by atoms with Gasteiger partial charge in [0.25, 0.3) is 0 Å². The van der Waals surface area contributed by atoms with Gasteiger partial charge in [-0.05, 0) is 0 Å². The molecule has 0 fully saturated rings. The third kappa shape index (κ3) is 2.17. The van der Waals surface area contributed by atoms with Crippen LogP contribution in [0.2, 0.25) is 4.68 Å². The molecule has 55 valence electrons. The Kier molecular flexibility index (Phi) is 3.57. The Morgan fingerprint density at radius 1 is 1.70 bits per heavy atom. The van der Waals surface area contributed by atoms with Crippen molar-refractivity contribution in [3.63, 3.8) is 0 Å². The van der Waals surface area contributed by atoms with E-state index in [1.54, 1.807) is 3.33 Å². The minimum atomic E-state index is -1.63. The van der Waals surface area contributed by atoms with Crippen molar-refractivity contribution in [2.24, 2.45) is 0 Å². The molecule has 0 aromatic rings. The van der Waals surface area contributed by atoms with Gasteiger partial charge in [0, 0.05) is 0 Å². The first-order valence-corrected chi connectivity index (χ1v) is 10.5. The first-order chi connectivity index (χ1) is 4.84. The number of hydrogen-bond acceptors (Lipinski definition) is 1. The fourth-order valence-electron chi connectivity index (χ4n) is 1.02. The molecule has 0 aromatic carbocycles. The van der Waals surface area contributed by atoms with E-state index >= 15 is 0 Å². The average molecular weight is 304 g/mol. The topological polar surface area (TPSA) is 9.23 Å². The molecule has 0 radical (unpaired) electrons. The van der Waals surface area contributed by atoms with Crippen molar-refractivity contribution in [1.29, 1.82) is 0 Å². The van der Waals surface area contributed by atoms with Crippen LogP contribution in [-0.2, 0) is 24.7 Å². The van der Waals surface area contributed by atoms with Gasteiger partial charge in [0.1, 0.15) is 0 Å². The Morgan fingerprint density at radius 2 is 2.50 bits per heavy atom. The molecule has 0 unspecified atom stereocenters. The third-order valence-electron chi connectivity index (χ3n) is 1.58. The Bertz CT molecular complexity index is 161. The predicted molar refractivity (Wildman–Crippen MR) is 39.3 cm³/mol. The van der Waals surface area contributed by atoms with Crippen molar-refractivity contribution >= 4 is 0 Å². The standard InChI is InChI=1S/C5H5.C2H5O.CH3.Hf/c1-2-4-5-3-1;1-2-3;;/h1-3H,4H2;2H2,1H3;1H3;/q;-1;;+1. The average Bonchev–Trinajstić information content (AvgIpc) is 2.38. The molecule has 10 heavy (non-hydrogen) atoms. The normalized spacial score (nSPS) is 15.6. The first kappa shape index (κ1) is 8.41. The molecule has 1 aliphatic carbocycles. The fourth-order valence-corrected chi connectivity index (χ4v) is 5.88. The van der Waals surface area contributed by atoms with E-state index in [1.165, 1.54) is 6.42 Å². The van der Waals surface area contributed by atoms with Crippen LogP contribution in [0.3, 0.4) is 0 Å². The molecule has 0 saturated heterocycles. The Balaban J connectivity index is 2.35. The second kappa shape index (κ2) is 4.24. The van der Waals surface area contributed by atoms with Gasteiger partial charge in [0.15, 0.2) is 0 Å². The van der Waals surface area contributed by atoms with Crippen LogP contribution in [0.4, 0.5) is 0 Å². The molecule has 0 spiro atoms. The van der Waals surface area contributed by atoms with Crippen molar-refractivity contribution in [1.82, 2.24) is 0 Å². The van der Waals surface area contributed by atoms with Crippen LogP contribution < -0.4 is 0 Å². The Morgan fingerprint density at radius 3 is 3.00 bits per heavy atom. The van der Waals surface area contributed by atoms with E-state index < -0.39 is 21.9 Å². The molecule has 0 bridgehead atoms. The van der Waals surface area contributed by atoms with Gasteiger partial charge in [-0.3, -0.25) is 0 Å². The zero-order chi connectivity index (χ0) is 7.40. The SMILES string of the molecule is CC[O][Hf]([CH3])[C]1=CC=CC1. The number of allylic oxidation sites excluding steroid dienone is 4. The van der Waals surface area contributed by atoms with Crippen LogP contribution in [0.15, 0.2) is 21.6 Å². The molecule has 1 rings (SSSR count). The summed E-state index contributed by atoms with van der Waals surface area (Å²) in [7, 11) is 0. The van der Waals surface area contributed by atoms with Gasteiger partial charge in [-0.1, -0.05) is 0 Å². The Hall–Kier alpha value is 0.310. The van der Waals surface area contributed by atoms with Crippen molar-refractivity contribution < 1.29 is 24.7 Å². The third-order valence-corrected chi connectivity index (χ3v) is 8.76. The molecule has 1 nitrogen and oxygen atoms in total. The Labute approximate surface area is 70.9 Å². The minimum absolute atomic E-state index is 0.899. The zero-order valence-electron chi connectivity index (χ0n) is 6.55. The van der Waals surface area contributed by atoms with Gasteiger partial charge in [-0.25, -0.2) is 0 Å². The van der Waals surface area contributed by atoms with Crippen molar-refractivity contribution in [2.45, 2.75) is 18.0 Å². The monoisotopic (exact) mass is 305 g/mol. The summed E-state index contributed by atoms with van der Waals surface area (Å²) < 4.78 is 9.55. The van der Waals surface area contributed by atoms with E-state index in [2.05, 4.69) is 29.8 Å². The van der Waals surface area contributed by atoms with Gasteiger partial charge in [-0.15, -0.1) is 0 Å². The molecule has 0 saturated carbocycles. The van der Waals surface area contributed by atoms with Gasteiger partial charge in [0.05, 0.1) is 0 Å². The summed E-state index contributed by atoms with van der Waals surface area (Å²) in [6.07, 6.45) is 7.75. The summed E-state index contributed by atoms with van der Waals surface area (Å²) in [6, 6.07) is 0. The molecule has 2 heteroatoms. The van der Waals surface area contributed by atoms with Crippen LogP contribution >= 0.6 is 0 Å². The van der Waals surface area contributed by atoms with Gasteiger partial charge in [0.2, 0.25) is 0 Å². The summed E-state index contributed by atoms with van der Waals surface area (Å²) in [5, 5.41) is 0. The molecule has 0 N–H and O–H groups in total. The van der Waals surface area contributed by atoms with Crippen LogP contribution in [-0.4, -0.2) is 6.61 Å². The van der Waals surface area contributed by atoms with Crippen molar-refractivity contribution in [2.75, 3.05) is 6.61 Å².